The molecule has 0 bridgehead atoms. The SMILES string of the molecule is CC1CN(Cc2ccccc2CNC(=O)C2CSCN2)CC(C)O1. The van der Waals surface area contributed by atoms with Gasteiger partial charge in [-0.2, -0.15) is 0 Å². The minimum absolute atomic E-state index is 0.0527. The number of thioether (sulfide) groups is 1. The summed E-state index contributed by atoms with van der Waals surface area (Å²) >= 11 is 1.77. The van der Waals surface area contributed by atoms with E-state index in [9.17, 15) is 4.79 Å². The van der Waals surface area contributed by atoms with Crippen molar-refractivity contribution in [1.29, 1.82) is 0 Å². The third-order valence-electron chi connectivity index (χ3n) is 4.49. The van der Waals surface area contributed by atoms with Crippen LogP contribution >= 0.6 is 11.8 Å². The molecule has 3 atom stereocenters. The van der Waals surface area contributed by atoms with Crippen LogP contribution in [0.4, 0.5) is 0 Å². The van der Waals surface area contributed by atoms with Crippen molar-refractivity contribution in [2.75, 3.05) is 24.7 Å². The second kappa shape index (κ2) is 8.34. The molecule has 0 radical (unpaired) electrons. The van der Waals surface area contributed by atoms with Crippen LogP contribution in [0.25, 0.3) is 0 Å². The molecule has 1 amide bonds. The molecule has 1 aromatic rings. The highest BCUT2D eigenvalue weighted by Gasteiger charge is 2.24. The topological polar surface area (TPSA) is 53.6 Å². The lowest BCUT2D eigenvalue weighted by molar-refractivity contribution is -0.122. The van der Waals surface area contributed by atoms with Crippen LogP contribution in [0.5, 0.6) is 0 Å². The zero-order chi connectivity index (χ0) is 16.9. The number of nitrogens with one attached hydrogen (secondary N) is 2. The van der Waals surface area contributed by atoms with E-state index in [2.05, 4.69) is 47.6 Å². The van der Waals surface area contributed by atoms with Crippen LogP contribution in [0.2, 0.25) is 0 Å². The molecule has 6 heteroatoms. The molecule has 0 spiro atoms. The average Bonchev–Trinajstić information content (AvgIpc) is 3.07. The largest absolute Gasteiger partial charge is 0.373 e. The van der Waals surface area contributed by atoms with Crippen LogP contribution in [0.1, 0.15) is 25.0 Å². The summed E-state index contributed by atoms with van der Waals surface area (Å²) in [4.78, 5) is 14.6. The minimum atomic E-state index is -0.0527. The fraction of sp³-hybridized carbons (Fsp3) is 0.611. The Morgan fingerprint density at radius 3 is 2.67 bits per heavy atom. The van der Waals surface area contributed by atoms with Crippen LogP contribution in [0, 0.1) is 0 Å². The van der Waals surface area contributed by atoms with Crippen LogP contribution in [-0.2, 0) is 22.6 Å². The number of carbonyl (C=O) groups is 1. The number of morpholine rings is 1. The molecule has 2 aliphatic heterocycles. The number of hydrogen-bond donors (Lipinski definition) is 2. The Balaban J connectivity index is 1.59. The van der Waals surface area contributed by atoms with Crippen LogP contribution in [0.3, 0.4) is 0 Å². The lowest BCUT2D eigenvalue weighted by Gasteiger charge is -2.35. The predicted molar refractivity (Wildman–Crippen MR) is 97.8 cm³/mol. The third kappa shape index (κ3) is 4.72. The van der Waals surface area contributed by atoms with Crippen molar-refractivity contribution in [3.8, 4) is 0 Å². The number of ether oxygens (including phenoxy) is 1. The summed E-state index contributed by atoms with van der Waals surface area (Å²) < 4.78 is 5.81. The van der Waals surface area contributed by atoms with E-state index in [1.54, 1.807) is 11.8 Å². The maximum atomic E-state index is 12.2. The van der Waals surface area contributed by atoms with Gasteiger partial charge < -0.3 is 10.1 Å². The molecule has 5 nitrogen and oxygen atoms in total. The summed E-state index contributed by atoms with van der Waals surface area (Å²) in [6, 6.07) is 8.33. The van der Waals surface area contributed by atoms with E-state index in [-0.39, 0.29) is 24.2 Å². The van der Waals surface area contributed by atoms with Crippen LogP contribution < -0.4 is 10.6 Å². The van der Waals surface area contributed by atoms with Crippen molar-refractivity contribution >= 4 is 17.7 Å². The number of nitrogens with zero attached hydrogens (tertiary/aromatic N) is 1. The normalized spacial score (nSPS) is 28.0. The molecule has 0 aliphatic carbocycles. The van der Waals surface area contributed by atoms with Crippen molar-refractivity contribution in [3.05, 3.63) is 35.4 Å². The quantitative estimate of drug-likeness (QED) is 0.845. The standard InChI is InChI=1S/C18H27N3O2S/c1-13-8-21(9-14(2)23-13)10-16-6-4-3-5-15(16)7-19-18(22)17-11-24-12-20-17/h3-6,13-14,17,20H,7-12H2,1-2H3,(H,19,22). The maximum Gasteiger partial charge on any atom is 0.238 e. The minimum Gasteiger partial charge on any atom is -0.373 e. The Morgan fingerprint density at radius 2 is 2.00 bits per heavy atom. The fourth-order valence-electron chi connectivity index (χ4n) is 3.41. The summed E-state index contributed by atoms with van der Waals surface area (Å²) in [5.41, 5.74) is 2.48. The highest BCUT2D eigenvalue weighted by molar-refractivity contribution is 7.99. The highest BCUT2D eigenvalue weighted by atomic mass is 32.2. The molecule has 2 heterocycles. The first-order valence-electron chi connectivity index (χ1n) is 8.65. The van der Waals surface area contributed by atoms with Gasteiger partial charge in [-0.05, 0) is 25.0 Å². The van der Waals surface area contributed by atoms with Gasteiger partial charge >= 0.3 is 0 Å². The van der Waals surface area contributed by atoms with Crippen molar-refractivity contribution in [2.45, 2.75) is 45.2 Å². The predicted octanol–water partition coefficient (Wildman–Crippen LogP) is 1.57. The Labute approximate surface area is 148 Å². The highest BCUT2D eigenvalue weighted by Crippen LogP contribution is 2.17. The molecule has 1 aromatic carbocycles. The van der Waals surface area contributed by atoms with Gasteiger partial charge in [0.25, 0.3) is 0 Å². The number of rotatable bonds is 5. The van der Waals surface area contributed by atoms with E-state index in [0.717, 1.165) is 31.3 Å². The molecule has 2 aliphatic rings. The molecule has 3 rings (SSSR count). The molecular formula is C18H27N3O2S. The van der Waals surface area contributed by atoms with Gasteiger partial charge in [-0.15, -0.1) is 11.8 Å². The van der Waals surface area contributed by atoms with Gasteiger partial charge in [0.15, 0.2) is 0 Å². The number of amides is 1. The van der Waals surface area contributed by atoms with Gasteiger partial charge in [0, 0.05) is 37.8 Å². The van der Waals surface area contributed by atoms with E-state index in [4.69, 9.17) is 4.74 Å². The van der Waals surface area contributed by atoms with Gasteiger partial charge in [0.05, 0.1) is 18.2 Å². The van der Waals surface area contributed by atoms with Crippen molar-refractivity contribution < 1.29 is 9.53 Å². The number of benzene rings is 1. The van der Waals surface area contributed by atoms with Crippen molar-refractivity contribution in [3.63, 3.8) is 0 Å². The zero-order valence-electron chi connectivity index (χ0n) is 14.5. The molecule has 0 saturated carbocycles. The first-order chi connectivity index (χ1) is 11.6. The van der Waals surface area contributed by atoms with E-state index in [1.807, 2.05) is 6.07 Å². The lowest BCUT2D eigenvalue weighted by atomic mass is 10.1. The molecule has 132 valence electrons. The summed E-state index contributed by atoms with van der Waals surface area (Å²) in [6.07, 6.45) is 0.540. The van der Waals surface area contributed by atoms with Gasteiger partial charge in [0.1, 0.15) is 0 Å². The summed E-state index contributed by atoms with van der Waals surface area (Å²) in [5.74, 6) is 1.82. The maximum absolute atomic E-state index is 12.2. The smallest absolute Gasteiger partial charge is 0.238 e. The molecule has 3 unspecified atom stereocenters. The van der Waals surface area contributed by atoms with Crippen molar-refractivity contribution in [2.24, 2.45) is 0 Å². The van der Waals surface area contributed by atoms with Gasteiger partial charge in [-0.3, -0.25) is 15.0 Å². The molecule has 24 heavy (non-hydrogen) atoms. The average molecular weight is 350 g/mol. The zero-order valence-corrected chi connectivity index (χ0v) is 15.3. The van der Waals surface area contributed by atoms with E-state index >= 15 is 0 Å². The molecule has 0 aromatic heterocycles. The first-order valence-corrected chi connectivity index (χ1v) is 9.80. The monoisotopic (exact) mass is 349 g/mol. The van der Waals surface area contributed by atoms with Crippen LogP contribution in [0.15, 0.2) is 24.3 Å². The van der Waals surface area contributed by atoms with Crippen molar-refractivity contribution in [1.82, 2.24) is 15.5 Å². The summed E-state index contributed by atoms with van der Waals surface area (Å²) in [5, 5.41) is 6.29. The Morgan fingerprint density at radius 1 is 1.29 bits per heavy atom. The number of carbonyl (C=O) groups excluding carboxylic acids is 1. The Kier molecular flexibility index (Phi) is 6.16. The number of hydrogen-bond acceptors (Lipinski definition) is 5. The Bertz CT molecular complexity index is 553. The summed E-state index contributed by atoms with van der Waals surface area (Å²) in [7, 11) is 0. The third-order valence-corrected chi connectivity index (χ3v) is 5.43. The molecule has 2 fully saturated rings. The molecule has 2 saturated heterocycles. The first kappa shape index (κ1) is 17.7. The second-order valence-corrected chi connectivity index (χ2v) is 7.74. The summed E-state index contributed by atoms with van der Waals surface area (Å²) in [6.45, 7) is 7.65. The Hall–Kier alpha value is -1.08. The molecule has 2 N–H and O–H groups in total. The van der Waals surface area contributed by atoms with E-state index in [0.29, 0.717) is 6.54 Å². The van der Waals surface area contributed by atoms with E-state index in [1.165, 1.54) is 11.1 Å². The fourth-order valence-corrected chi connectivity index (χ4v) is 4.35. The van der Waals surface area contributed by atoms with Gasteiger partial charge in [-0.25, -0.2) is 0 Å². The van der Waals surface area contributed by atoms with Gasteiger partial charge in [-0.1, -0.05) is 24.3 Å². The van der Waals surface area contributed by atoms with Crippen LogP contribution in [-0.4, -0.2) is 53.8 Å². The molecular weight excluding hydrogens is 322 g/mol. The van der Waals surface area contributed by atoms with Gasteiger partial charge in [0.2, 0.25) is 5.91 Å². The second-order valence-electron chi connectivity index (χ2n) is 6.71. The van der Waals surface area contributed by atoms with E-state index < -0.39 is 0 Å². The lowest BCUT2D eigenvalue weighted by Crippen LogP contribution is -2.45.